The zero-order valence-electron chi connectivity index (χ0n) is 18.0. The third-order valence-corrected chi connectivity index (χ3v) is 6.89. The second-order valence-electron chi connectivity index (χ2n) is 9.08. The summed E-state index contributed by atoms with van der Waals surface area (Å²) >= 11 is 0. The molecule has 2 aliphatic carbocycles. The van der Waals surface area contributed by atoms with Crippen molar-refractivity contribution >= 4 is 23.0 Å². The summed E-state index contributed by atoms with van der Waals surface area (Å²) in [6.07, 6.45) is 6.74. The highest BCUT2D eigenvalue weighted by atomic mass is 16.6. The van der Waals surface area contributed by atoms with Gasteiger partial charge in [-0.25, -0.2) is 0 Å². The van der Waals surface area contributed by atoms with Crippen LogP contribution in [0.25, 0.3) is 0 Å². The number of amides is 1. The third kappa shape index (κ3) is 4.53. The summed E-state index contributed by atoms with van der Waals surface area (Å²) in [5, 5.41) is 17.7. The number of nitrogens with zero attached hydrogens (tertiary/aromatic N) is 3. The molecule has 8 nitrogen and oxygen atoms in total. The number of carbonyl (C=O) groups is 1. The van der Waals surface area contributed by atoms with Crippen LogP contribution in [0.3, 0.4) is 0 Å². The first-order valence-corrected chi connectivity index (χ1v) is 11.3. The van der Waals surface area contributed by atoms with Crippen LogP contribution in [0.1, 0.15) is 55.8 Å². The molecule has 8 heteroatoms. The maximum Gasteiger partial charge on any atom is 0.293 e. The predicted octanol–water partition coefficient (Wildman–Crippen LogP) is 3.23. The summed E-state index contributed by atoms with van der Waals surface area (Å²) in [5.41, 5.74) is 1.60. The van der Waals surface area contributed by atoms with Gasteiger partial charge in [-0.1, -0.05) is 6.92 Å². The SMILES string of the molecule is CNc1cc(N2CCN(C3CC3)CC2)c(C(=O)NC2CCC(C)CC2)cc1[N+](=O)[O-]. The molecule has 2 saturated carbocycles. The van der Waals surface area contributed by atoms with Crippen molar-refractivity contribution in [2.75, 3.05) is 43.4 Å². The Morgan fingerprint density at radius 1 is 1.07 bits per heavy atom. The lowest BCUT2D eigenvalue weighted by atomic mass is 9.87. The van der Waals surface area contributed by atoms with Gasteiger partial charge in [0.1, 0.15) is 5.69 Å². The van der Waals surface area contributed by atoms with Gasteiger partial charge in [0.05, 0.1) is 16.2 Å². The molecule has 1 saturated heterocycles. The van der Waals surface area contributed by atoms with Crippen molar-refractivity contribution in [1.29, 1.82) is 0 Å². The Labute approximate surface area is 178 Å². The van der Waals surface area contributed by atoms with Crippen molar-refractivity contribution in [3.8, 4) is 0 Å². The molecule has 0 spiro atoms. The zero-order valence-corrected chi connectivity index (χ0v) is 18.0. The first-order valence-electron chi connectivity index (χ1n) is 11.3. The largest absolute Gasteiger partial charge is 0.383 e. The molecule has 2 N–H and O–H groups in total. The second kappa shape index (κ2) is 8.79. The smallest absolute Gasteiger partial charge is 0.293 e. The lowest BCUT2D eigenvalue weighted by Crippen LogP contribution is -2.48. The topological polar surface area (TPSA) is 90.8 Å². The van der Waals surface area contributed by atoms with Crippen LogP contribution in [-0.2, 0) is 0 Å². The van der Waals surface area contributed by atoms with Gasteiger partial charge in [0.15, 0.2) is 0 Å². The molecule has 1 amide bonds. The quantitative estimate of drug-likeness (QED) is 0.548. The summed E-state index contributed by atoms with van der Waals surface area (Å²) in [6, 6.07) is 4.11. The second-order valence-corrected chi connectivity index (χ2v) is 9.08. The highest BCUT2D eigenvalue weighted by Crippen LogP contribution is 2.35. The number of nitro groups is 1. The van der Waals surface area contributed by atoms with E-state index in [1.54, 1.807) is 13.1 Å². The molecule has 1 aliphatic heterocycles. The lowest BCUT2D eigenvalue weighted by molar-refractivity contribution is -0.383. The van der Waals surface area contributed by atoms with Crippen molar-refractivity contribution in [3.63, 3.8) is 0 Å². The summed E-state index contributed by atoms with van der Waals surface area (Å²) in [6.45, 7) is 5.85. The number of anilines is 2. The Morgan fingerprint density at radius 3 is 2.30 bits per heavy atom. The van der Waals surface area contributed by atoms with Gasteiger partial charge in [-0.2, -0.15) is 0 Å². The van der Waals surface area contributed by atoms with Crippen LogP contribution in [0.5, 0.6) is 0 Å². The average Bonchev–Trinajstić information content (AvgIpc) is 3.60. The van der Waals surface area contributed by atoms with E-state index in [-0.39, 0.29) is 17.6 Å². The minimum atomic E-state index is -0.417. The van der Waals surface area contributed by atoms with E-state index in [1.807, 2.05) is 0 Å². The van der Waals surface area contributed by atoms with Gasteiger partial charge in [-0.05, 0) is 50.5 Å². The maximum absolute atomic E-state index is 13.2. The van der Waals surface area contributed by atoms with Crippen molar-refractivity contribution < 1.29 is 9.72 Å². The van der Waals surface area contributed by atoms with Gasteiger partial charge >= 0.3 is 0 Å². The van der Waals surface area contributed by atoms with Crippen LogP contribution in [0, 0.1) is 16.0 Å². The van der Waals surface area contributed by atoms with Crippen LogP contribution in [-0.4, -0.2) is 61.0 Å². The molecule has 0 unspecified atom stereocenters. The molecule has 4 rings (SSSR count). The summed E-state index contributed by atoms with van der Waals surface area (Å²) in [5.74, 6) is 0.507. The number of rotatable bonds is 6. The standard InChI is InChI=1S/C22H33N5O3/c1-15-3-5-16(6-4-15)24-22(28)18-13-21(27(29)30)19(23-2)14-20(18)26-11-9-25(10-12-26)17-7-8-17/h13-17,23H,3-12H2,1-2H3,(H,24,28). The first-order chi connectivity index (χ1) is 14.5. The van der Waals surface area contributed by atoms with E-state index < -0.39 is 4.92 Å². The van der Waals surface area contributed by atoms with Crippen molar-refractivity contribution in [2.24, 2.45) is 5.92 Å². The van der Waals surface area contributed by atoms with E-state index in [2.05, 4.69) is 27.4 Å². The van der Waals surface area contributed by atoms with Crippen LogP contribution >= 0.6 is 0 Å². The van der Waals surface area contributed by atoms with Crippen LogP contribution < -0.4 is 15.5 Å². The molecule has 3 aliphatic rings. The van der Waals surface area contributed by atoms with E-state index in [1.165, 1.54) is 18.9 Å². The van der Waals surface area contributed by atoms with E-state index in [9.17, 15) is 14.9 Å². The fourth-order valence-electron chi connectivity index (χ4n) is 4.81. The summed E-state index contributed by atoms with van der Waals surface area (Å²) in [7, 11) is 1.68. The van der Waals surface area contributed by atoms with E-state index in [0.29, 0.717) is 17.2 Å². The first kappa shape index (κ1) is 20.9. The van der Waals surface area contributed by atoms with Gasteiger partial charge in [-0.3, -0.25) is 19.8 Å². The van der Waals surface area contributed by atoms with Crippen molar-refractivity contribution in [1.82, 2.24) is 10.2 Å². The fourth-order valence-corrected chi connectivity index (χ4v) is 4.81. The number of carbonyl (C=O) groups excluding carboxylic acids is 1. The number of nitro benzene ring substituents is 1. The number of nitrogens with one attached hydrogen (secondary N) is 2. The molecule has 0 bridgehead atoms. The monoisotopic (exact) mass is 415 g/mol. The van der Waals surface area contributed by atoms with E-state index in [4.69, 9.17) is 0 Å². The molecule has 1 heterocycles. The molecule has 0 atom stereocenters. The Balaban J connectivity index is 1.58. The molecule has 3 fully saturated rings. The Bertz CT molecular complexity index is 794. The van der Waals surface area contributed by atoms with E-state index in [0.717, 1.165) is 63.6 Å². The molecular formula is C22H33N5O3. The number of piperazine rings is 1. The van der Waals surface area contributed by atoms with Crippen LogP contribution in [0.4, 0.5) is 17.1 Å². The normalized spacial score (nSPS) is 25.1. The minimum Gasteiger partial charge on any atom is -0.383 e. The Hall–Kier alpha value is -2.35. The summed E-state index contributed by atoms with van der Waals surface area (Å²) in [4.78, 5) is 29.1. The maximum atomic E-state index is 13.2. The van der Waals surface area contributed by atoms with Gasteiger partial charge in [0.2, 0.25) is 0 Å². The highest BCUT2D eigenvalue weighted by Gasteiger charge is 2.33. The Morgan fingerprint density at radius 2 is 1.73 bits per heavy atom. The molecule has 0 radical (unpaired) electrons. The Kier molecular flexibility index (Phi) is 6.13. The zero-order chi connectivity index (χ0) is 21.3. The minimum absolute atomic E-state index is 0.0553. The number of hydrogen-bond acceptors (Lipinski definition) is 6. The van der Waals surface area contributed by atoms with Gasteiger partial charge < -0.3 is 15.5 Å². The van der Waals surface area contributed by atoms with Crippen molar-refractivity contribution in [2.45, 2.75) is 57.5 Å². The van der Waals surface area contributed by atoms with E-state index >= 15 is 0 Å². The third-order valence-electron chi connectivity index (χ3n) is 6.89. The molecule has 1 aromatic rings. The van der Waals surface area contributed by atoms with Gasteiger partial charge in [-0.15, -0.1) is 0 Å². The van der Waals surface area contributed by atoms with Gasteiger partial charge in [0.25, 0.3) is 11.6 Å². The fraction of sp³-hybridized carbons (Fsp3) is 0.682. The van der Waals surface area contributed by atoms with Gasteiger partial charge in [0, 0.05) is 51.4 Å². The summed E-state index contributed by atoms with van der Waals surface area (Å²) < 4.78 is 0. The predicted molar refractivity (Wildman–Crippen MR) is 118 cm³/mol. The number of benzene rings is 1. The molecule has 1 aromatic carbocycles. The molecular weight excluding hydrogens is 382 g/mol. The molecule has 164 valence electrons. The van der Waals surface area contributed by atoms with Crippen molar-refractivity contribution in [3.05, 3.63) is 27.8 Å². The molecule has 0 aromatic heterocycles. The molecule has 30 heavy (non-hydrogen) atoms. The van der Waals surface area contributed by atoms with Crippen LogP contribution in [0.2, 0.25) is 0 Å². The lowest BCUT2D eigenvalue weighted by Gasteiger charge is -2.37. The van der Waals surface area contributed by atoms with Crippen LogP contribution in [0.15, 0.2) is 12.1 Å². The average molecular weight is 416 g/mol. The highest BCUT2D eigenvalue weighted by molar-refractivity contribution is 6.02. The number of hydrogen-bond donors (Lipinski definition) is 2.